The highest BCUT2D eigenvalue weighted by molar-refractivity contribution is 4.87. The molecule has 0 spiro atoms. The minimum atomic E-state index is 0.228. The Hall–Kier alpha value is -0.830. The summed E-state index contributed by atoms with van der Waals surface area (Å²) in [4.78, 5) is 0. The van der Waals surface area contributed by atoms with Crippen LogP contribution in [0.1, 0.15) is 25.7 Å². The molecule has 0 saturated heterocycles. The lowest BCUT2D eigenvalue weighted by Crippen LogP contribution is -2.34. The van der Waals surface area contributed by atoms with E-state index < -0.39 is 0 Å². The standard InChI is InChI=1S/C10H16N2O/c13-9-10(3-1-4-10)5-8-12-7-2-6-11-12/h2,6-7,13H,1,3-5,8-9H2. The summed E-state index contributed by atoms with van der Waals surface area (Å²) in [6, 6.07) is 1.94. The molecule has 0 amide bonds. The lowest BCUT2D eigenvalue weighted by Gasteiger charge is -2.40. The molecule has 2 rings (SSSR count). The van der Waals surface area contributed by atoms with Gasteiger partial charge < -0.3 is 5.11 Å². The van der Waals surface area contributed by atoms with Crippen molar-refractivity contribution < 1.29 is 5.11 Å². The van der Waals surface area contributed by atoms with Crippen LogP contribution in [0.5, 0.6) is 0 Å². The Kier molecular flexibility index (Phi) is 2.36. The van der Waals surface area contributed by atoms with Crippen LogP contribution in [0.15, 0.2) is 18.5 Å². The van der Waals surface area contributed by atoms with E-state index in [9.17, 15) is 5.11 Å². The minimum Gasteiger partial charge on any atom is -0.396 e. The molecule has 1 aliphatic carbocycles. The maximum Gasteiger partial charge on any atom is 0.0489 e. The summed E-state index contributed by atoms with van der Waals surface area (Å²) in [5.74, 6) is 0. The SMILES string of the molecule is OCC1(CCn2cccn2)CCC1. The summed E-state index contributed by atoms with van der Waals surface area (Å²) in [7, 11) is 0. The Balaban J connectivity index is 1.84. The molecule has 0 atom stereocenters. The molecule has 1 saturated carbocycles. The van der Waals surface area contributed by atoms with E-state index in [1.807, 2.05) is 16.9 Å². The van der Waals surface area contributed by atoms with E-state index in [1.54, 1.807) is 6.20 Å². The molecule has 1 fully saturated rings. The molecule has 1 aliphatic rings. The second kappa shape index (κ2) is 3.50. The van der Waals surface area contributed by atoms with Crippen LogP contribution < -0.4 is 0 Å². The van der Waals surface area contributed by atoms with E-state index in [-0.39, 0.29) is 5.41 Å². The van der Waals surface area contributed by atoms with Gasteiger partial charge in [-0.1, -0.05) is 6.42 Å². The smallest absolute Gasteiger partial charge is 0.0489 e. The van der Waals surface area contributed by atoms with Gasteiger partial charge in [-0.3, -0.25) is 4.68 Å². The minimum absolute atomic E-state index is 0.228. The van der Waals surface area contributed by atoms with Crippen LogP contribution in [0.4, 0.5) is 0 Å². The third-order valence-electron chi connectivity index (χ3n) is 3.18. The van der Waals surface area contributed by atoms with Crippen molar-refractivity contribution in [2.45, 2.75) is 32.2 Å². The number of nitrogens with zero attached hydrogens (tertiary/aromatic N) is 2. The van der Waals surface area contributed by atoms with Gasteiger partial charge in [0.15, 0.2) is 0 Å². The van der Waals surface area contributed by atoms with Crippen LogP contribution in [0.25, 0.3) is 0 Å². The monoisotopic (exact) mass is 180 g/mol. The molecule has 1 heterocycles. The molecule has 3 nitrogen and oxygen atoms in total. The summed E-state index contributed by atoms with van der Waals surface area (Å²) in [6.07, 6.45) is 8.48. The maximum atomic E-state index is 9.24. The Labute approximate surface area is 78.4 Å². The van der Waals surface area contributed by atoms with Gasteiger partial charge in [0.1, 0.15) is 0 Å². The first kappa shape index (κ1) is 8.75. The van der Waals surface area contributed by atoms with Gasteiger partial charge in [0.2, 0.25) is 0 Å². The zero-order valence-electron chi connectivity index (χ0n) is 7.82. The first-order valence-corrected chi connectivity index (χ1v) is 4.93. The van der Waals surface area contributed by atoms with E-state index >= 15 is 0 Å². The molecule has 0 aliphatic heterocycles. The third-order valence-corrected chi connectivity index (χ3v) is 3.18. The fourth-order valence-corrected chi connectivity index (χ4v) is 1.95. The van der Waals surface area contributed by atoms with Gasteiger partial charge in [-0.15, -0.1) is 0 Å². The van der Waals surface area contributed by atoms with Crippen molar-refractivity contribution in [1.82, 2.24) is 9.78 Å². The molecule has 0 bridgehead atoms. The van der Waals surface area contributed by atoms with E-state index in [4.69, 9.17) is 0 Å². The van der Waals surface area contributed by atoms with E-state index in [1.165, 1.54) is 19.3 Å². The van der Waals surface area contributed by atoms with Crippen LogP contribution in [0.3, 0.4) is 0 Å². The number of hydrogen-bond donors (Lipinski definition) is 1. The van der Waals surface area contributed by atoms with E-state index in [2.05, 4.69) is 5.10 Å². The molecule has 1 aromatic heterocycles. The fraction of sp³-hybridized carbons (Fsp3) is 0.700. The topological polar surface area (TPSA) is 38.0 Å². The zero-order valence-corrected chi connectivity index (χ0v) is 7.82. The second-order valence-corrected chi connectivity index (χ2v) is 4.03. The van der Waals surface area contributed by atoms with Gasteiger partial charge in [0.05, 0.1) is 0 Å². The molecular formula is C10H16N2O. The van der Waals surface area contributed by atoms with Gasteiger partial charge in [-0.2, -0.15) is 5.10 Å². The summed E-state index contributed by atoms with van der Waals surface area (Å²) in [5.41, 5.74) is 0.228. The molecule has 3 heteroatoms. The summed E-state index contributed by atoms with van der Waals surface area (Å²) in [6.45, 7) is 1.28. The lowest BCUT2D eigenvalue weighted by atomic mass is 9.67. The molecule has 0 unspecified atom stereocenters. The van der Waals surface area contributed by atoms with E-state index in [0.29, 0.717) is 6.61 Å². The lowest BCUT2D eigenvalue weighted by molar-refractivity contribution is 0.0311. The second-order valence-electron chi connectivity index (χ2n) is 4.03. The highest BCUT2D eigenvalue weighted by Gasteiger charge is 2.35. The number of aryl methyl sites for hydroxylation is 1. The molecular weight excluding hydrogens is 164 g/mol. The van der Waals surface area contributed by atoms with Crippen molar-refractivity contribution in [3.63, 3.8) is 0 Å². The van der Waals surface area contributed by atoms with Crippen LogP contribution >= 0.6 is 0 Å². The number of hydrogen-bond acceptors (Lipinski definition) is 2. The van der Waals surface area contributed by atoms with Crippen molar-refractivity contribution in [2.24, 2.45) is 5.41 Å². The normalized spacial score (nSPS) is 19.8. The predicted octanol–water partition coefficient (Wildman–Crippen LogP) is 1.44. The highest BCUT2D eigenvalue weighted by atomic mass is 16.3. The quantitative estimate of drug-likeness (QED) is 0.761. The molecule has 1 aromatic rings. The van der Waals surface area contributed by atoms with Crippen molar-refractivity contribution in [3.8, 4) is 0 Å². The first-order chi connectivity index (χ1) is 6.35. The Bertz CT molecular complexity index is 246. The van der Waals surface area contributed by atoms with Gasteiger partial charge >= 0.3 is 0 Å². The van der Waals surface area contributed by atoms with Gasteiger partial charge in [0, 0.05) is 25.5 Å². The summed E-state index contributed by atoms with van der Waals surface area (Å²) < 4.78 is 1.94. The van der Waals surface area contributed by atoms with Crippen LogP contribution in [0.2, 0.25) is 0 Å². The molecule has 1 N–H and O–H groups in total. The highest BCUT2D eigenvalue weighted by Crippen LogP contribution is 2.43. The average Bonchev–Trinajstić information content (AvgIpc) is 2.56. The summed E-state index contributed by atoms with van der Waals surface area (Å²) in [5, 5.41) is 13.4. The fourth-order valence-electron chi connectivity index (χ4n) is 1.95. The Morgan fingerprint density at radius 1 is 1.46 bits per heavy atom. The van der Waals surface area contributed by atoms with Crippen molar-refractivity contribution in [3.05, 3.63) is 18.5 Å². The number of rotatable bonds is 4. The average molecular weight is 180 g/mol. The Morgan fingerprint density at radius 3 is 2.77 bits per heavy atom. The van der Waals surface area contributed by atoms with Crippen LogP contribution in [-0.2, 0) is 6.54 Å². The van der Waals surface area contributed by atoms with Crippen molar-refractivity contribution in [2.75, 3.05) is 6.61 Å². The van der Waals surface area contributed by atoms with Crippen molar-refractivity contribution in [1.29, 1.82) is 0 Å². The van der Waals surface area contributed by atoms with Crippen molar-refractivity contribution >= 4 is 0 Å². The molecule has 13 heavy (non-hydrogen) atoms. The zero-order chi connectivity index (χ0) is 9.15. The largest absolute Gasteiger partial charge is 0.396 e. The number of aromatic nitrogens is 2. The maximum absolute atomic E-state index is 9.24. The predicted molar refractivity (Wildman–Crippen MR) is 50.2 cm³/mol. The van der Waals surface area contributed by atoms with Gasteiger partial charge in [0.25, 0.3) is 0 Å². The Morgan fingerprint density at radius 2 is 2.31 bits per heavy atom. The number of aliphatic hydroxyl groups is 1. The molecule has 0 aromatic carbocycles. The van der Waals surface area contributed by atoms with Gasteiger partial charge in [-0.05, 0) is 30.7 Å². The van der Waals surface area contributed by atoms with Crippen LogP contribution in [-0.4, -0.2) is 21.5 Å². The number of aliphatic hydroxyl groups excluding tert-OH is 1. The summed E-state index contributed by atoms with van der Waals surface area (Å²) >= 11 is 0. The molecule has 72 valence electrons. The van der Waals surface area contributed by atoms with Crippen LogP contribution in [0, 0.1) is 5.41 Å². The first-order valence-electron chi connectivity index (χ1n) is 4.93. The molecule has 0 radical (unpaired) electrons. The third kappa shape index (κ3) is 1.75. The van der Waals surface area contributed by atoms with E-state index in [0.717, 1.165) is 13.0 Å². The van der Waals surface area contributed by atoms with Gasteiger partial charge in [-0.25, -0.2) is 0 Å².